The van der Waals surface area contributed by atoms with Crippen LogP contribution in [0.25, 0.3) is 0 Å². The van der Waals surface area contributed by atoms with Crippen molar-refractivity contribution in [2.45, 2.75) is 25.1 Å². The van der Waals surface area contributed by atoms with Crippen molar-refractivity contribution in [2.75, 3.05) is 31.0 Å². The van der Waals surface area contributed by atoms with Crippen molar-refractivity contribution in [1.82, 2.24) is 5.32 Å². The van der Waals surface area contributed by atoms with Gasteiger partial charge in [-0.3, -0.25) is 4.79 Å². The molecule has 2 aromatic rings. The fourth-order valence-electron chi connectivity index (χ4n) is 3.51. The van der Waals surface area contributed by atoms with E-state index in [1.807, 2.05) is 0 Å². The Kier molecular flexibility index (Phi) is 7.42. The molecule has 32 heavy (non-hydrogen) atoms. The fourth-order valence-corrected chi connectivity index (χ4v) is 3.51. The predicted molar refractivity (Wildman–Crippen MR) is 115 cm³/mol. The molecule has 0 radical (unpaired) electrons. The van der Waals surface area contributed by atoms with Gasteiger partial charge in [0.05, 0.1) is 5.56 Å². The number of anilines is 2. The zero-order chi connectivity index (χ0) is 23.3. The zero-order valence-corrected chi connectivity index (χ0v) is 17.6. The van der Waals surface area contributed by atoms with E-state index in [0.717, 1.165) is 29.7 Å². The first-order valence-corrected chi connectivity index (χ1v) is 9.94. The van der Waals surface area contributed by atoms with Crippen LogP contribution < -0.4 is 21.0 Å². The minimum Gasteiger partial charge on any atom is -0.410 e. The number of amides is 3. The lowest BCUT2D eigenvalue weighted by atomic mass is 9.79. The Morgan fingerprint density at radius 1 is 1.06 bits per heavy atom. The molecule has 11 heteroatoms. The van der Waals surface area contributed by atoms with Crippen LogP contribution in [0.1, 0.15) is 18.4 Å². The first-order chi connectivity index (χ1) is 15.2. The highest BCUT2D eigenvalue weighted by molar-refractivity contribution is 6.61. The Hall–Kier alpha value is -3.05. The van der Waals surface area contributed by atoms with Gasteiger partial charge in [0.15, 0.2) is 0 Å². The van der Waals surface area contributed by atoms with Crippen molar-refractivity contribution in [3.8, 4) is 0 Å². The summed E-state index contributed by atoms with van der Waals surface area (Å²) in [7, 11) is 2.55. The number of benzene rings is 2. The van der Waals surface area contributed by atoms with E-state index < -0.39 is 30.9 Å². The van der Waals surface area contributed by atoms with E-state index in [-0.39, 0.29) is 11.6 Å². The molecule has 0 bridgehead atoms. The van der Waals surface area contributed by atoms with Gasteiger partial charge in [0, 0.05) is 32.1 Å². The number of nitrogens with zero attached hydrogens (tertiary/aromatic N) is 1. The molecule has 2 N–H and O–H groups in total. The molecule has 0 saturated carbocycles. The molecular weight excluding hydrogens is 426 g/mol. The van der Waals surface area contributed by atoms with Crippen LogP contribution in [0.3, 0.4) is 0 Å². The van der Waals surface area contributed by atoms with Gasteiger partial charge in [-0.2, -0.15) is 13.2 Å². The maximum atomic E-state index is 12.9. The van der Waals surface area contributed by atoms with Crippen LogP contribution in [0.4, 0.5) is 29.3 Å². The smallest absolute Gasteiger partial charge is 0.410 e. The van der Waals surface area contributed by atoms with E-state index in [1.165, 1.54) is 14.2 Å². The second-order valence-electron chi connectivity index (χ2n) is 7.25. The summed E-state index contributed by atoms with van der Waals surface area (Å²) in [6.45, 7) is 0.509. The topological polar surface area (TPSA) is 79.9 Å². The highest BCUT2D eigenvalue weighted by Gasteiger charge is 2.32. The Balaban J connectivity index is 1.62. The number of hydrogen-bond acceptors (Lipinski definition) is 4. The van der Waals surface area contributed by atoms with Gasteiger partial charge in [-0.25, -0.2) is 4.79 Å². The summed E-state index contributed by atoms with van der Waals surface area (Å²) in [5, 5.41) is 5.07. The summed E-state index contributed by atoms with van der Waals surface area (Å²) in [6.07, 6.45) is -3.31. The van der Waals surface area contributed by atoms with Crippen molar-refractivity contribution >= 4 is 35.9 Å². The molecule has 0 spiro atoms. The Morgan fingerprint density at radius 3 is 2.25 bits per heavy atom. The largest absolute Gasteiger partial charge is 0.493 e. The normalized spacial score (nSPS) is 16.6. The molecule has 1 saturated heterocycles. The molecule has 0 aliphatic carbocycles. The van der Waals surface area contributed by atoms with Gasteiger partial charge in [-0.15, -0.1) is 0 Å². The summed E-state index contributed by atoms with van der Waals surface area (Å²) in [6, 6.07) is 9.83. The molecule has 1 fully saturated rings. The number of carbonyl (C=O) groups excluding carboxylic acids is 2. The van der Waals surface area contributed by atoms with Gasteiger partial charge in [0.2, 0.25) is 5.91 Å². The van der Waals surface area contributed by atoms with Gasteiger partial charge in [0.25, 0.3) is 0 Å². The van der Waals surface area contributed by atoms with Crippen LogP contribution in [0, 0.1) is 0 Å². The van der Waals surface area contributed by atoms with E-state index in [1.54, 1.807) is 29.2 Å². The average molecular weight is 449 g/mol. The molecule has 2 aromatic carbocycles. The molecule has 3 amide bonds. The van der Waals surface area contributed by atoms with E-state index in [9.17, 15) is 22.8 Å². The molecule has 1 aliphatic rings. The number of rotatable bonds is 6. The van der Waals surface area contributed by atoms with Crippen molar-refractivity contribution in [2.24, 2.45) is 0 Å². The third kappa shape index (κ3) is 5.60. The van der Waals surface area contributed by atoms with Crippen molar-refractivity contribution in [1.29, 1.82) is 0 Å². The van der Waals surface area contributed by atoms with Crippen LogP contribution >= 0.6 is 0 Å². The third-order valence-electron chi connectivity index (χ3n) is 5.12. The first-order valence-electron chi connectivity index (χ1n) is 9.94. The number of urea groups is 1. The quantitative estimate of drug-likeness (QED) is 0.665. The minimum atomic E-state index is -4.45. The zero-order valence-electron chi connectivity index (χ0n) is 17.6. The van der Waals surface area contributed by atoms with Crippen LogP contribution in [0.2, 0.25) is 0 Å². The van der Waals surface area contributed by atoms with Crippen LogP contribution in [0.5, 0.6) is 0 Å². The van der Waals surface area contributed by atoms with Crippen molar-refractivity contribution in [3.05, 3.63) is 54.1 Å². The summed E-state index contributed by atoms with van der Waals surface area (Å²) < 4.78 is 48.4. The summed E-state index contributed by atoms with van der Waals surface area (Å²) in [5.41, 5.74) is 0.861. The number of carbonyl (C=O) groups is 2. The molecule has 1 heterocycles. The molecule has 1 aliphatic heterocycles. The Bertz CT molecular complexity index is 935. The lowest BCUT2D eigenvalue weighted by Crippen LogP contribution is -2.53. The molecule has 1 atom stereocenters. The highest BCUT2D eigenvalue weighted by Crippen LogP contribution is 2.29. The monoisotopic (exact) mass is 449 g/mol. The van der Waals surface area contributed by atoms with Crippen LogP contribution in [0.15, 0.2) is 48.5 Å². The molecule has 3 rings (SSSR count). The van der Waals surface area contributed by atoms with E-state index in [4.69, 9.17) is 9.31 Å². The second-order valence-corrected chi connectivity index (χ2v) is 7.25. The lowest BCUT2D eigenvalue weighted by molar-refractivity contribution is -0.137. The summed E-state index contributed by atoms with van der Waals surface area (Å²) in [4.78, 5) is 26.8. The molecule has 0 unspecified atom stereocenters. The maximum absolute atomic E-state index is 12.9. The standard InChI is InChI=1S/C21H23BF3N3O4/c1-31-22(32-2)15-7-11-17(12-8-15)28-13-3-4-18(19(28)29)27-20(30)26-16-9-5-14(6-10-16)21(23,24)25/h5-12,18H,3-4,13H2,1-2H3,(H2,26,27,30)/t18-/m1/s1. The first kappa shape index (κ1) is 23.6. The lowest BCUT2D eigenvalue weighted by Gasteiger charge is -2.32. The number of hydrogen-bond donors (Lipinski definition) is 2. The van der Waals surface area contributed by atoms with Crippen LogP contribution in [-0.4, -0.2) is 45.9 Å². The minimum absolute atomic E-state index is 0.192. The Morgan fingerprint density at radius 2 is 1.69 bits per heavy atom. The average Bonchev–Trinajstić information content (AvgIpc) is 2.76. The maximum Gasteiger partial charge on any atom is 0.493 e. The van der Waals surface area contributed by atoms with E-state index in [2.05, 4.69) is 10.6 Å². The number of halogens is 3. The van der Waals surface area contributed by atoms with Gasteiger partial charge >= 0.3 is 19.3 Å². The van der Waals surface area contributed by atoms with Gasteiger partial charge in [-0.05, 0) is 54.7 Å². The van der Waals surface area contributed by atoms with Gasteiger partial charge in [-0.1, -0.05) is 12.1 Å². The fraction of sp³-hybridized carbons (Fsp3) is 0.333. The van der Waals surface area contributed by atoms with E-state index in [0.29, 0.717) is 25.1 Å². The number of nitrogens with one attached hydrogen (secondary N) is 2. The predicted octanol–water partition coefficient (Wildman–Crippen LogP) is 3.01. The van der Waals surface area contributed by atoms with E-state index >= 15 is 0 Å². The highest BCUT2D eigenvalue weighted by atomic mass is 19.4. The Labute approximate surface area is 184 Å². The summed E-state index contributed by atoms with van der Waals surface area (Å²) >= 11 is 0. The number of alkyl halides is 3. The summed E-state index contributed by atoms with van der Waals surface area (Å²) in [5.74, 6) is -0.262. The van der Waals surface area contributed by atoms with Crippen LogP contribution in [-0.2, 0) is 20.3 Å². The van der Waals surface area contributed by atoms with Gasteiger partial charge in [0.1, 0.15) is 6.04 Å². The molecular formula is C21H23BF3N3O4. The number of piperidine rings is 1. The second kappa shape index (κ2) is 10.1. The molecule has 170 valence electrons. The SMILES string of the molecule is COB(OC)c1ccc(N2CCC[C@@H](NC(=O)Nc3ccc(C(F)(F)F)cc3)C2=O)cc1. The molecule has 0 aromatic heterocycles. The van der Waals surface area contributed by atoms with Crippen molar-refractivity contribution in [3.63, 3.8) is 0 Å². The van der Waals surface area contributed by atoms with Gasteiger partial charge < -0.3 is 24.8 Å². The molecule has 7 nitrogen and oxygen atoms in total. The van der Waals surface area contributed by atoms with Crippen molar-refractivity contribution < 1.29 is 32.1 Å². The third-order valence-corrected chi connectivity index (χ3v) is 5.12.